The third-order valence-electron chi connectivity index (χ3n) is 3.51. The summed E-state index contributed by atoms with van der Waals surface area (Å²) in [4.78, 5) is 0. The van der Waals surface area contributed by atoms with Crippen molar-refractivity contribution in [3.63, 3.8) is 0 Å². The smallest absolute Gasteiger partial charge is 0.0699 e. The topological polar surface area (TPSA) is 21.3 Å². The third kappa shape index (κ3) is 7.05. The lowest BCUT2D eigenvalue weighted by atomic mass is 10.1. The van der Waals surface area contributed by atoms with E-state index in [0.717, 1.165) is 19.1 Å². The fraction of sp³-hybridized carbons (Fsp3) is 1.00. The van der Waals surface area contributed by atoms with Gasteiger partial charge in [-0.3, -0.25) is 0 Å². The lowest BCUT2D eigenvalue weighted by Crippen LogP contribution is -2.42. The fourth-order valence-corrected chi connectivity index (χ4v) is 2.44. The van der Waals surface area contributed by atoms with Crippen molar-refractivity contribution in [2.75, 3.05) is 13.2 Å². The fourth-order valence-electron chi connectivity index (χ4n) is 2.44. The van der Waals surface area contributed by atoms with Crippen LogP contribution in [0, 0.1) is 5.92 Å². The van der Waals surface area contributed by atoms with Gasteiger partial charge in [-0.25, -0.2) is 0 Å². The van der Waals surface area contributed by atoms with Gasteiger partial charge in [0, 0.05) is 18.7 Å². The van der Waals surface area contributed by atoms with Crippen molar-refractivity contribution in [2.45, 2.75) is 77.9 Å². The molecule has 1 saturated carbocycles. The predicted octanol–water partition coefficient (Wildman–Crippen LogP) is 3.75. The molecule has 0 radical (unpaired) electrons. The van der Waals surface area contributed by atoms with Gasteiger partial charge < -0.3 is 10.1 Å². The minimum atomic E-state index is 0.197. The maximum atomic E-state index is 6.10. The zero-order chi connectivity index (χ0) is 12.7. The van der Waals surface area contributed by atoms with Gasteiger partial charge in [0.2, 0.25) is 0 Å². The monoisotopic (exact) mass is 241 g/mol. The Morgan fingerprint density at radius 1 is 1.24 bits per heavy atom. The van der Waals surface area contributed by atoms with Crippen LogP contribution in [0.3, 0.4) is 0 Å². The Bertz CT molecular complexity index is 192. The Morgan fingerprint density at radius 3 is 2.41 bits per heavy atom. The van der Waals surface area contributed by atoms with E-state index in [-0.39, 0.29) is 5.54 Å². The van der Waals surface area contributed by atoms with Crippen LogP contribution in [0.15, 0.2) is 0 Å². The SMILES string of the molecule is CCCC(CNC(C)(C)C)OCC1CCCC1. The maximum absolute atomic E-state index is 6.10. The van der Waals surface area contributed by atoms with Crippen LogP contribution in [-0.4, -0.2) is 24.8 Å². The molecular weight excluding hydrogens is 210 g/mol. The summed E-state index contributed by atoms with van der Waals surface area (Å²) < 4.78 is 6.10. The number of hydrogen-bond donors (Lipinski definition) is 1. The summed E-state index contributed by atoms with van der Waals surface area (Å²) in [5.74, 6) is 0.837. The largest absolute Gasteiger partial charge is 0.377 e. The van der Waals surface area contributed by atoms with E-state index in [1.807, 2.05) is 0 Å². The minimum absolute atomic E-state index is 0.197. The maximum Gasteiger partial charge on any atom is 0.0699 e. The highest BCUT2D eigenvalue weighted by Gasteiger charge is 2.18. The summed E-state index contributed by atoms with van der Waals surface area (Å²) in [5.41, 5.74) is 0.197. The van der Waals surface area contributed by atoms with E-state index in [4.69, 9.17) is 4.74 Å². The zero-order valence-electron chi connectivity index (χ0n) is 12.2. The molecule has 2 nitrogen and oxygen atoms in total. The standard InChI is InChI=1S/C15H31NO/c1-5-8-14(11-16-15(2,3)4)17-12-13-9-6-7-10-13/h13-14,16H,5-12H2,1-4H3. The average molecular weight is 241 g/mol. The van der Waals surface area contributed by atoms with Crippen LogP contribution in [-0.2, 0) is 4.74 Å². The molecule has 1 unspecified atom stereocenters. The van der Waals surface area contributed by atoms with Crippen molar-refractivity contribution < 1.29 is 4.74 Å². The highest BCUT2D eigenvalue weighted by Crippen LogP contribution is 2.25. The number of hydrogen-bond acceptors (Lipinski definition) is 2. The van der Waals surface area contributed by atoms with Gasteiger partial charge in [0.05, 0.1) is 6.10 Å². The summed E-state index contributed by atoms with van der Waals surface area (Å²) in [6.45, 7) is 10.9. The Kier molecular flexibility index (Phi) is 6.50. The summed E-state index contributed by atoms with van der Waals surface area (Å²) in [5, 5.41) is 3.56. The summed E-state index contributed by atoms with van der Waals surface area (Å²) in [7, 11) is 0. The molecule has 17 heavy (non-hydrogen) atoms. The molecule has 1 fully saturated rings. The highest BCUT2D eigenvalue weighted by atomic mass is 16.5. The molecule has 1 N–H and O–H groups in total. The van der Waals surface area contributed by atoms with Crippen molar-refractivity contribution in [1.82, 2.24) is 5.32 Å². The number of nitrogens with one attached hydrogen (secondary N) is 1. The van der Waals surface area contributed by atoms with Crippen molar-refractivity contribution in [1.29, 1.82) is 0 Å². The van der Waals surface area contributed by atoms with E-state index in [2.05, 4.69) is 33.0 Å². The van der Waals surface area contributed by atoms with Gasteiger partial charge in [-0.15, -0.1) is 0 Å². The second-order valence-corrected chi connectivity index (χ2v) is 6.53. The third-order valence-corrected chi connectivity index (χ3v) is 3.51. The van der Waals surface area contributed by atoms with Gasteiger partial charge in [-0.1, -0.05) is 26.2 Å². The molecule has 1 aliphatic rings. The molecule has 0 bridgehead atoms. The van der Waals surface area contributed by atoms with E-state index >= 15 is 0 Å². The van der Waals surface area contributed by atoms with Crippen LogP contribution in [0.1, 0.15) is 66.2 Å². The van der Waals surface area contributed by atoms with Gasteiger partial charge in [-0.2, -0.15) is 0 Å². The van der Waals surface area contributed by atoms with Gasteiger partial charge in [0.25, 0.3) is 0 Å². The Balaban J connectivity index is 2.21. The Labute approximate surface area is 108 Å². The van der Waals surface area contributed by atoms with Gasteiger partial charge >= 0.3 is 0 Å². The average Bonchev–Trinajstić information content (AvgIpc) is 2.74. The second kappa shape index (κ2) is 7.38. The quantitative estimate of drug-likeness (QED) is 0.733. The van der Waals surface area contributed by atoms with E-state index in [1.165, 1.54) is 38.5 Å². The van der Waals surface area contributed by atoms with E-state index in [1.54, 1.807) is 0 Å². The Hall–Kier alpha value is -0.0800. The molecule has 1 atom stereocenters. The molecule has 1 aliphatic carbocycles. The molecular formula is C15H31NO. The molecule has 2 heteroatoms. The van der Waals surface area contributed by atoms with Crippen molar-refractivity contribution in [3.8, 4) is 0 Å². The van der Waals surface area contributed by atoms with Crippen LogP contribution in [0.25, 0.3) is 0 Å². The minimum Gasteiger partial charge on any atom is -0.377 e. The zero-order valence-corrected chi connectivity index (χ0v) is 12.2. The van der Waals surface area contributed by atoms with Crippen LogP contribution >= 0.6 is 0 Å². The molecule has 0 heterocycles. The molecule has 0 aromatic carbocycles. The summed E-state index contributed by atoms with van der Waals surface area (Å²) in [6.07, 6.45) is 8.37. The van der Waals surface area contributed by atoms with Gasteiger partial charge in [0.1, 0.15) is 0 Å². The van der Waals surface area contributed by atoms with Crippen LogP contribution in [0.4, 0.5) is 0 Å². The van der Waals surface area contributed by atoms with E-state index in [9.17, 15) is 0 Å². The van der Waals surface area contributed by atoms with Crippen molar-refractivity contribution in [2.24, 2.45) is 5.92 Å². The molecule has 0 aromatic heterocycles. The molecule has 102 valence electrons. The summed E-state index contributed by atoms with van der Waals surface area (Å²) in [6, 6.07) is 0. The second-order valence-electron chi connectivity index (χ2n) is 6.53. The van der Waals surface area contributed by atoms with E-state index < -0.39 is 0 Å². The van der Waals surface area contributed by atoms with Gasteiger partial charge in [-0.05, 0) is 46.0 Å². The van der Waals surface area contributed by atoms with Crippen LogP contribution in [0.2, 0.25) is 0 Å². The molecule has 0 aromatic rings. The first-order valence-electron chi connectivity index (χ1n) is 7.38. The lowest BCUT2D eigenvalue weighted by molar-refractivity contribution is 0.0219. The summed E-state index contributed by atoms with van der Waals surface area (Å²) >= 11 is 0. The lowest BCUT2D eigenvalue weighted by Gasteiger charge is -2.26. The predicted molar refractivity (Wildman–Crippen MR) is 74.4 cm³/mol. The van der Waals surface area contributed by atoms with Crippen LogP contribution < -0.4 is 5.32 Å². The number of ether oxygens (including phenoxy) is 1. The Morgan fingerprint density at radius 2 is 1.88 bits per heavy atom. The first-order valence-corrected chi connectivity index (χ1v) is 7.38. The molecule has 0 aliphatic heterocycles. The van der Waals surface area contributed by atoms with Gasteiger partial charge in [0.15, 0.2) is 0 Å². The highest BCUT2D eigenvalue weighted by molar-refractivity contribution is 4.74. The van der Waals surface area contributed by atoms with Crippen molar-refractivity contribution >= 4 is 0 Å². The van der Waals surface area contributed by atoms with Crippen LogP contribution in [0.5, 0.6) is 0 Å². The normalized spacial score (nSPS) is 19.8. The molecule has 0 amide bonds. The van der Waals surface area contributed by atoms with Crippen molar-refractivity contribution in [3.05, 3.63) is 0 Å². The number of rotatable bonds is 7. The molecule has 0 spiro atoms. The molecule has 0 saturated heterocycles. The molecule has 1 rings (SSSR count). The van der Waals surface area contributed by atoms with E-state index in [0.29, 0.717) is 6.10 Å². The first kappa shape index (κ1) is 15.0. The first-order chi connectivity index (χ1) is 8.01.